The highest BCUT2D eigenvalue weighted by atomic mass is 16.5. The van der Waals surface area contributed by atoms with E-state index in [2.05, 4.69) is 5.32 Å². The summed E-state index contributed by atoms with van der Waals surface area (Å²) in [7, 11) is 0. The molecule has 2 aliphatic heterocycles. The fourth-order valence-corrected chi connectivity index (χ4v) is 2.44. The third kappa shape index (κ3) is 3.34. The van der Waals surface area contributed by atoms with Crippen molar-refractivity contribution in [3.05, 3.63) is 11.8 Å². The van der Waals surface area contributed by atoms with Crippen LogP contribution in [-0.4, -0.2) is 25.5 Å². The number of Topliss-reactive ketones (excluding diaryl/α,β-unsaturated/α-hetero) is 1. The van der Waals surface area contributed by atoms with Crippen LogP contribution in [-0.2, 0) is 9.53 Å². The lowest BCUT2D eigenvalue weighted by Crippen LogP contribution is -2.28. The second kappa shape index (κ2) is 6.04. The average Bonchev–Trinajstić information content (AvgIpc) is 2.38. The molecule has 0 aromatic heterocycles. The topological polar surface area (TPSA) is 38.3 Å². The van der Waals surface area contributed by atoms with E-state index in [0.717, 1.165) is 50.4 Å². The van der Waals surface area contributed by atoms with Gasteiger partial charge in [-0.3, -0.25) is 4.79 Å². The molecule has 0 bridgehead atoms. The van der Waals surface area contributed by atoms with Crippen molar-refractivity contribution >= 4 is 5.78 Å². The number of hydrogen-bond donors (Lipinski definition) is 1. The van der Waals surface area contributed by atoms with Crippen molar-refractivity contribution in [3.8, 4) is 0 Å². The standard InChI is InChI=1S/C13H21NO2/c15-13(12-2-1-9-16-10-12)4-3-11-5-7-14-8-6-11/h10-11,14H,1-9H2. The summed E-state index contributed by atoms with van der Waals surface area (Å²) in [6.07, 6.45) is 7.79. The fraction of sp³-hybridized carbons (Fsp3) is 0.769. The Morgan fingerprint density at radius 3 is 2.94 bits per heavy atom. The van der Waals surface area contributed by atoms with E-state index >= 15 is 0 Å². The molecular formula is C13H21NO2. The van der Waals surface area contributed by atoms with Crippen LogP contribution in [0.5, 0.6) is 0 Å². The first-order chi connectivity index (χ1) is 7.86. The van der Waals surface area contributed by atoms with Crippen molar-refractivity contribution in [2.24, 2.45) is 5.92 Å². The Morgan fingerprint density at radius 2 is 2.25 bits per heavy atom. The number of allylic oxidation sites excluding steroid dienone is 1. The van der Waals surface area contributed by atoms with E-state index < -0.39 is 0 Å². The number of ether oxygens (including phenoxy) is 1. The molecule has 0 unspecified atom stereocenters. The van der Waals surface area contributed by atoms with Gasteiger partial charge in [0, 0.05) is 12.0 Å². The summed E-state index contributed by atoms with van der Waals surface area (Å²) in [6, 6.07) is 0. The second-order valence-electron chi connectivity index (χ2n) is 4.77. The van der Waals surface area contributed by atoms with Gasteiger partial charge in [-0.1, -0.05) is 0 Å². The van der Waals surface area contributed by atoms with Gasteiger partial charge in [-0.2, -0.15) is 0 Å². The first-order valence-corrected chi connectivity index (χ1v) is 6.41. The number of hydrogen-bond acceptors (Lipinski definition) is 3. The zero-order chi connectivity index (χ0) is 11.2. The van der Waals surface area contributed by atoms with Gasteiger partial charge in [0.05, 0.1) is 12.9 Å². The van der Waals surface area contributed by atoms with Crippen LogP contribution in [0.3, 0.4) is 0 Å². The van der Waals surface area contributed by atoms with Gasteiger partial charge in [-0.15, -0.1) is 0 Å². The molecule has 2 rings (SSSR count). The lowest BCUT2D eigenvalue weighted by molar-refractivity contribution is -0.116. The van der Waals surface area contributed by atoms with Crippen molar-refractivity contribution in [1.82, 2.24) is 5.32 Å². The van der Waals surface area contributed by atoms with Crippen LogP contribution in [0.25, 0.3) is 0 Å². The summed E-state index contributed by atoms with van der Waals surface area (Å²) in [5.41, 5.74) is 0.903. The van der Waals surface area contributed by atoms with Crippen LogP contribution >= 0.6 is 0 Å². The zero-order valence-electron chi connectivity index (χ0n) is 9.84. The molecule has 0 radical (unpaired) electrons. The van der Waals surface area contributed by atoms with Crippen molar-refractivity contribution < 1.29 is 9.53 Å². The molecule has 0 aromatic rings. The van der Waals surface area contributed by atoms with E-state index in [9.17, 15) is 4.79 Å². The Hall–Kier alpha value is -0.830. The van der Waals surface area contributed by atoms with Gasteiger partial charge < -0.3 is 10.1 Å². The maximum absolute atomic E-state index is 11.9. The highest BCUT2D eigenvalue weighted by Crippen LogP contribution is 2.21. The Labute approximate surface area is 97.2 Å². The number of carbonyl (C=O) groups excluding carboxylic acids is 1. The molecule has 2 heterocycles. The van der Waals surface area contributed by atoms with E-state index in [1.165, 1.54) is 12.8 Å². The van der Waals surface area contributed by atoms with E-state index in [0.29, 0.717) is 12.2 Å². The molecule has 90 valence electrons. The monoisotopic (exact) mass is 223 g/mol. The van der Waals surface area contributed by atoms with Gasteiger partial charge in [0.15, 0.2) is 5.78 Å². The van der Waals surface area contributed by atoms with E-state index in [4.69, 9.17) is 4.74 Å². The van der Waals surface area contributed by atoms with Gasteiger partial charge in [0.2, 0.25) is 0 Å². The fourth-order valence-electron chi connectivity index (χ4n) is 2.44. The average molecular weight is 223 g/mol. The van der Waals surface area contributed by atoms with Crippen molar-refractivity contribution in [1.29, 1.82) is 0 Å². The lowest BCUT2D eigenvalue weighted by Gasteiger charge is -2.22. The minimum absolute atomic E-state index is 0.304. The highest BCUT2D eigenvalue weighted by molar-refractivity contribution is 5.95. The molecule has 1 N–H and O–H groups in total. The molecule has 3 heteroatoms. The first kappa shape index (κ1) is 11.6. The van der Waals surface area contributed by atoms with E-state index in [1.54, 1.807) is 6.26 Å². The Morgan fingerprint density at radius 1 is 1.44 bits per heavy atom. The Balaban J connectivity index is 1.72. The summed E-state index contributed by atoms with van der Waals surface area (Å²) in [6.45, 7) is 3.00. The lowest BCUT2D eigenvalue weighted by atomic mass is 9.90. The molecule has 2 aliphatic rings. The Kier molecular flexibility index (Phi) is 4.40. The predicted octanol–water partition coefficient (Wildman–Crippen LogP) is 2.03. The minimum Gasteiger partial charge on any atom is -0.501 e. The van der Waals surface area contributed by atoms with Crippen LogP contribution in [0, 0.1) is 5.92 Å². The molecule has 16 heavy (non-hydrogen) atoms. The van der Waals surface area contributed by atoms with Gasteiger partial charge in [-0.25, -0.2) is 0 Å². The maximum atomic E-state index is 11.9. The van der Waals surface area contributed by atoms with E-state index in [-0.39, 0.29) is 0 Å². The van der Waals surface area contributed by atoms with Gasteiger partial charge in [0.1, 0.15) is 0 Å². The molecule has 0 saturated carbocycles. The van der Waals surface area contributed by atoms with Gasteiger partial charge >= 0.3 is 0 Å². The van der Waals surface area contributed by atoms with Gasteiger partial charge in [-0.05, 0) is 51.1 Å². The quantitative estimate of drug-likeness (QED) is 0.792. The third-order valence-corrected chi connectivity index (χ3v) is 3.53. The Bertz CT molecular complexity index is 267. The maximum Gasteiger partial charge on any atom is 0.161 e. The summed E-state index contributed by atoms with van der Waals surface area (Å²) < 4.78 is 5.20. The SMILES string of the molecule is O=C(CCC1CCNCC1)C1=COCCC1. The van der Waals surface area contributed by atoms with Crippen LogP contribution in [0.4, 0.5) is 0 Å². The third-order valence-electron chi connectivity index (χ3n) is 3.53. The van der Waals surface area contributed by atoms with Crippen LogP contribution in [0.1, 0.15) is 38.5 Å². The summed E-state index contributed by atoms with van der Waals surface area (Å²) >= 11 is 0. The molecular weight excluding hydrogens is 202 g/mol. The zero-order valence-corrected chi connectivity index (χ0v) is 9.84. The first-order valence-electron chi connectivity index (χ1n) is 6.41. The number of ketones is 1. The summed E-state index contributed by atoms with van der Waals surface area (Å²) in [4.78, 5) is 11.9. The smallest absolute Gasteiger partial charge is 0.161 e. The molecule has 1 fully saturated rings. The number of nitrogens with one attached hydrogen (secondary N) is 1. The van der Waals surface area contributed by atoms with Crippen molar-refractivity contribution in [2.75, 3.05) is 19.7 Å². The minimum atomic E-state index is 0.304. The van der Waals surface area contributed by atoms with Crippen LogP contribution in [0.2, 0.25) is 0 Å². The molecule has 1 saturated heterocycles. The molecule has 0 amide bonds. The van der Waals surface area contributed by atoms with Crippen LogP contribution < -0.4 is 5.32 Å². The van der Waals surface area contributed by atoms with Crippen molar-refractivity contribution in [2.45, 2.75) is 38.5 Å². The molecule has 0 aromatic carbocycles. The number of rotatable bonds is 4. The molecule has 0 spiro atoms. The van der Waals surface area contributed by atoms with Gasteiger partial charge in [0.25, 0.3) is 0 Å². The molecule has 0 aliphatic carbocycles. The number of carbonyl (C=O) groups is 1. The second-order valence-corrected chi connectivity index (χ2v) is 4.77. The summed E-state index contributed by atoms with van der Waals surface area (Å²) in [5, 5.41) is 3.35. The normalized spacial score (nSPS) is 22.4. The van der Waals surface area contributed by atoms with Crippen LogP contribution in [0.15, 0.2) is 11.8 Å². The molecule has 3 nitrogen and oxygen atoms in total. The predicted molar refractivity (Wildman–Crippen MR) is 63.1 cm³/mol. The largest absolute Gasteiger partial charge is 0.501 e. The number of piperidine rings is 1. The highest BCUT2D eigenvalue weighted by Gasteiger charge is 2.17. The summed E-state index contributed by atoms with van der Waals surface area (Å²) in [5.74, 6) is 1.05. The van der Waals surface area contributed by atoms with Crippen molar-refractivity contribution in [3.63, 3.8) is 0 Å². The molecule has 0 atom stereocenters. The van der Waals surface area contributed by atoms with E-state index in [1.807, 2.05) is 0 Å².